The molecule has 0 aliphatic rings. The van der Waals surface area contributed by atoms with Gasteiger partial charge in [0.15, 0.2) is 0 Å². The highest BCUT2D eigenvalue weighted by atomic mass is 16.6. The van der Waals surface area contributed by atoms with Crippen molar-refractivity contribution in [1.82, 2.24) is 25.0 Å². The normalized spacial score (nSPS) is 12.6. The number of ether oxygens (including phenoxy) is 1. The number of fused-ring (bicyclic) bond motifs is 1. The minimum absolute atomic E-state index is 0.259. The highest BCUT2D eigenvalue weighted by molar-refractivity contribution is 5.88. The predicted octanol–water partition coefficient (Wildman–Crippen LogP) is 3.24. The predicted molar refractivity (Wildman–Crippen MR) is 124 cm³/mol. The molecule has 0 radical (unpaired) electrons. The van der Waals surface area contributed by atoms with Gasteiger partial charge < -0.3 is 19.9 Å². The number of para-hydroxylation sites is 1. The molecule has 1 atom stereocenters. The number of hydrogen-bond donors (Lipinski definition) is 2. The summed E-state index contributed by atoms with van der Waals surface area (Å²) in [6.07, 6.45) is 1.74. The summed E-state index contributed by atoms with van der Waals surface area (Å²) in [4.78, 5) is 25.5. The van der Waals surface area contributed by atoms with Gasteiger partial charge in [0.25, 0.3) is 0 Å². The second-order valence-electron chi connectivity index (χ2n) is 9.13. The van der Waals surface area contributed by atoms with Gasteiger partial charge in [-0.05, 0) is 52.3 Å². The minimum Gasteiger partial charge on any atom is -0.444 e. The van der Waals surface area contributed by atoms with Crippen molar-refractivity contribution >= 4 is 22.9 Å². The fourth-order valence-electron chi connectivity index (χ4n) is 3.78. The number of aryl methyl sites for hydroxylation is 3. The Bertz CT molecular complexity index is 1110. The fourth-order valence-corrected chi connectivity index (χ4v) is 3.78. The topological polar surface area (TPSA) is 90.2 Å². The molecule has 0 fully saturated rings. The molecule has 2 heterocycles. The summed E-state index contributed by atoms with van der Waals surface area (Å²) in [6, 6.07) is 9.23. The van der Waals surface area contributed by atoms with E-state index in [0.29, 0.717) is 19.5 Å². The molecular formula is C24H33N5O3. The van der Waals surface area contributed by atoms with Crippen molar-refractivity contribution in [3.05, 3.63) is 53.5 Å². The zero-order valence-corrected chi connectivity index (χ0v) is 19.7. The zero-order chi connectivity index (χ0) is 23.5. The van der Waals surface area contributed by atoms with E-state index < -0.39 is 17.7 Å². The maximum atomic E-state index is 13.1. The Morgan fingerprint density at radius 3 is 2.56 bits per heavy atom. The number of aromatic nitrogens is 3. The first-order valence-corrected chi connectivity index (χ1v) is 10.8. The summed E-state index contributed by atoms with van der Waals surface area (Å²) in [7, 11) is 1.97. The number of carbonyl (C=O) groups is 2. The van der Waals surface area contributed by atoms with Crippen LogP contribution in [0.5, 0.6) is 0 Å². The number of nitrogens with one attached hydrogen (secondary N) is 2. The number of benzene rings is 1. The summed E-state index contributed by atoms with van der Waals surface area (Å²) in [5, 5.41) is 11.2. The smallest absolute Gasteiger partial charge is 0.408 e. The summed E-state index contributed by atoms with van der Waals surface area (Å²) >= 11 is 0. The van der Waals surface area contributed by atoms with E-state index in [9.17, 15) is 9.59 Å². The van der Waals surface area contributed by atoms with Crippen molar-refractivity contribution in [2.24, 2.45) is 7.05 Å². The van der Waals surface area contributed by atoms with E-state index in [-0.39, 0.29) is 5.91 Å². The van der Waals surface area contributed by atoms with Crippen molar-refractivity contribution in [3.8, 4) is 0 Å². The molecule has 32 heavy (non-hydrogen) atoms. The Labute approximate surface area is 188 Å². The lowest BCUT2D eigenvalue weighted by atomic mass is 10.0. The lowest BCUT2D eigenvalue weighted by Gasteiger charge is -2.23. The molecule has 2 aromatic heterocycles. The molecule has 0 aliphatic heterocycles. The van der Waals surface area contributed by atoms with Crippen molar-refractivity contribution in [3.63, 3.8) is 0 Å². The van der Waals surface area contributed by atoms with Crippen LogP contribution in [0.3, 0.4) is 0 Å². The molecule has 0 saturated carbocycles. The molecule has 1 aromatic carbocycles. The highest BCUT2D eigenvalue weighted by Gasteiger charge is 2.25. The maximum Gasteiger partial charge on any atom is 0.408 e. The highest BCUT2D eigenvalue weighted by Crippen LogP contribution is 2.22. The van der Waals surface area contributed by atoms with Crippen LogP contribution in [0.15, 0.2) is 36.5 Å². The molecule has 0 spiro atoms. The lowest BCUT2D eigenvalue weighted by molar-refractivity contribution is -0.123. The largest absolute Gasteiger partial charge is 0.444 e. The lowest BCUT2D eigenvalue weighted by Crippen LogP contribution is -2.49. The second-order valence-corrected chi connectivity index (χ2v) is 9.13. The number of amides is 2. The fraction of sp³-hybridized carbons (Fsp3) is 0.458. The molecular weight excluding hydrogens is 406 g/mol. The molecule has 0 bridgehead atoms. The second kappa shape index (κ2) is 9.46. The van der Waals surface area contributed by atoms with E-state index in [4.69, 9.17) is 4.74 Å². The van der Waals surface area contributed by atoms with Crippen molar-refractivity contribution in [1.29, 1.82) is 0 Å². The van der Waals surface area contributed by atoms with Gasteiger partial charge in [-0.25, -0.2) is 4.79 Å². The van der Waals surface area contributed by atoms with Crippen LogP contribution in [0.2, 0.25) is 0 Å². The van der Waals surface area contributed by atoms with Gasteiger partial charge in [0, 0.05) is 42.8 Å². The number of carbonyl (C=O) groups excluding carboxylic acids is 2. The van der Waals surface area contributed by atoms with E-state index >= 15 is 0 Å². The molecule has 1 unspecified atom stereocenters. The quantitative estimate of drug-likeness (QED) is 0.591. The first kappa shape index (κ1) is 23.4. The summed E-state index contributed by atoms with van der Waals surface area (Å²) in [5.41, 5.74) is 3.38. The van der Waals surface area contributed by atoms with E-state index in [1.54, 1.807) is 20.8 Å². The average Bonchev–Trinajstić information content (AvgIpc) is 3.18. The van der Waals surface area contributed by atoms with Crippen molar-refractivity contribution in [2.45, 2.75) is 59.2 Å². The number of hydrogen-bond acceptors (Lipinski definition) is 4. The van der Waals surface area contributed by atoms with E-state index in [0.717, 1.165) is 27.9 Å². The third-order valence-electron chi connectivity index (χ3n) is 5.14. The van der Waals surface area contributed by atoms with Gasteiger partial charge in [-0.1, -0.05) is 18.2 Å². The van der Waals surface area contributed by atoms with Crippen molar-refractivity contribution < 1.29 is 14.3 Å². The Balaban J connectivity index is 1.74. The van der Waals surface area contributed by atoms with Gasteiger partial charge in [0.05, 0.1) is 12.2 Å². The summed E-state index contributed by atoms with van der Waals surface area (Å²) < 4.78 is 9.27. The molecule has 8 heteroatoms. The van der Waals surface area contributed by atoms with Gasteiger partial charge in [-0.15, -0.1) is 0 Å². The van der Waals surface area contributed by atoms with Crippen LogP contribution in [0, 0.1) is 13.8 Å². The Kier molecular flexibility index (Phi) is 6.91. The maximum absolute atomic E-state index is 13.1. The standard InChI is InChI=1S/C24H33N5O3/c1-16-13-17(2)29(27-16)12-11-25-22(30)20(26-23(31)32-24(3,4)5)14-18-15-28(6)21-10-8-7-9-19(18)21/h7-10,13,15,20H,11-12,14H2,1-6H3,(H,25,30)(H,26,31). The van der Waals surface area contributed by atoms with Crippen LogP contribution in [0.4, 0.5) is 4.79 Å². The van der Waals surface area contributed by atoms with Gasteiger partial charge >= 0.3 is 6.09 Å². The Hall–Kier alpha value is -3.29. The number of rotatable bonds is 7. The van der Waals surface area contributed by atoms with Gasteiger partial charge in [-0.3, -0.25) is 9.48 Å². The first-order valence-electron chi connectivity index (χ1n) is 10.8. The average molecular weight is 440 g/mol. The molecule has 0 saturated heterocycles. The van der Waals surface area contributed by atoms with E-state index in [1.165, 1.54) is 0 Å². The minimum atomic E-state index is -0.767. The Morgan fingerprint density at radius 2 is 1.91 bits per heavy atom. The van der Waals surface area contributed by atoms with Gasteiger partial charge in [0.2, 0.25) is 5.91 Å². The first-order chi connectivity index (χ1) is 15.0. The number of nitrogens with zero attached hydrogens (tertiary/aromatic N) is 3. The SMILES string of the molecule is Cc1cc(C)n(CCNC(=O)C(Cc2cn(C)c3ccccc23)NC(=O)OC(C)(C)C)n1. The summed E-state index contributed by atoms with van der Waals surface area (Å²) in [6.45, 7) is 10.3. The molecule has 172 valence electrons. The molecule has 8 nitrogen and oxygen atoms in total. The molecule has 0 aliphatic carbocycles. The molecule has 3 rings (SSSR count). The molecule has 2 amide bonds. The third kappa shape index (κ3) is 5.90. The van der Waals surface area contributed by atoms with E-state index in [1.807, 2.05) is 66.7 Å². The van der Waals surface area contributed by atoms with Crippen LogP contribution in [-0.4, -0.2) is 44.5 Å². The van der Waals surface area contributed by atoms with E-state index in [2.05, 4.69) is 15.7 Å². The monoisotopic (exact) mass is 439 g/mol. The van der Waals surface area contributed by atoms with Crippen LogP contribution in [0.1, 0.15) is 37.7 Å². The zero-order valence-electron chi connectivity index (χ0n) is 19.7. The Morgan fingerprint density at radius 1 is 1.19 bits per heavy atom. The van der Waals surface area contributed by atoms with Crippen LogP contribution >= 0.6 is 0 Å². The molecule has 3 aromatic rings. The number of alkyl carbamates (subject to hydrolysis) is 1. The van der Waals surface area contributed by atoms with Crippen LogP contribution < -0.4 is 10.6 Å². The van der Waals surface area contributed by atoms with Crippen LogP contribution in [0.25, 0.3) is 10.9 Å². The van der Waals surface area contributed by atoms with Gasteiger partial charge in [-0.2, -0.15) is 5.10 Å². The van der Waals surface area contributed by atoms with Crippen molar-refractivity contribution in [2.75, 3.05) is 6.54 Å². The third-order valence-corrected chi connectivity index (χ3v) is 5.14. The molecule has 2 N–H and O–H groups in total. The van der Waals surface area contributed by atoms with Crippen LogP contribution in [-0.2, 0) is 29.5 Å². The van der Waals surface area contributed by atoms with Gasteiger partial charge in [0.1, 0.15) is 11.6 Å². The summed E-state index contributed by atoms with van der Waals surface area (Å²) in [5.74, 6) is -0.259.